The van der Waals surface area contributed by atoms with Crippen molar-refractivity contribution in [2.24, 2.45) is 5.10 Å². The molecule has 2 aliphatic heterocycles. The van der Waals surface area contributed by atoms with Gasteiger partial charge in [0, 0.05) is 32.4 Å². The Bertz CT molecular complexity index is 940. The summed E-state index contributed by atoms with van der Waals surface area (Å²) < 4.78 is 5.29. The van der Waals surface area contributed by atoms with Crippen LogP contribution in [0.3, 0.4) is 0 Å². The first-order valence-corrected chi connectivity index (χ1v) is 10.0. The predicted molar refractivity (Wildman–Crippen MR) is 111 cm³/mol. The van der Waals surface area contributed by atoms with Gasteiger partial charge in [-0.05, 0) is 35.2 Å². The lowest BCUT2D eigenvalue weighted by Gasteiger charge is -2.29. The molecule has 0 saturated carbocycles. The van der Waals surface area contributed by atoms with Crippen LogP contribution in [-0.4, -0.2) is 47.6 Å². The second kappa shape index (κ2) is 8.47. The molecule has 0 fully saturated rings. The van der Waals surface area contributed by atoms with Gasteiger partial charge < -0.3 is 9.64 Å². The van der Waals surface area contributed by atoms with Gasteiger partial charge in [-0.15, -0.1) is 0 Å². The molecule has 6 nitrogen and oxygen atoms in total. The number of nitrogens with zero attached hydrogens (tertiary/aromatic N) is 3. The van der Waals surface area contributed by atoms with Crippen molar-refractivity contribution in [3.63, 3.8) is 0 Å². The number of fused-ring (bicyclic) bond motifs is 1. The lowest BCUT2D eigenvalue weighted by molar-refractivity contribution is -0.137. The number of hydrogen-bond donors (Lipinski definition) is 0. The van der Waals surface area contributed by atoms with Crippen LogP contribution in [0.5, 0.6) is 5.75 Å². The molecular formula is C23H25N3O3. The third kappa shape index (κ3) is 4.31. The third-order valence-corrected chi connectivity index (χ3v) is 5.53. The quantitative estimate of drug-likeness (QED) is 0.787. The number of hydrogen-bond acceptors (Lipinski definition) is 4. The van der Waals surface area contributed by atoms with E-state index in [1.165, 1.54) is 10.6 Å². The van der Waals surface area contributed by atoms with Gasteiger partial charge in [0.05, 0.1) is 19.4 Å². The Morgan fingerprint density at radius 1 is 0.966 bits per heavy atom. The molecule has 0 radical (unpaired) electrons. The Labute approximate surface area is 170 Å². The summed E-state index contributed by atoms with van der Waals surface area (Å²) in [6.07, 6.45) is 1.97. The van der Waals surface area contributed by atoms with Crippen LogP contribution >= 0.6 is 0 Å². The zero-order valence-electron chi connectivity index (χ0n) is 16.6. The molecule has 150 valence electrons. The number of hydrazone groups is 1. The molecule has 0 bridgehead atoms. The largest absolute Gasteiger partial charge is 0.497 e. The minimum Gasteiger partial charge on any atom is -0.497 e. The van der Waals surface area contributed by atoms with E-state index in [2.05, 4.69) is 11.2 Å². The maximum Gasteiger partial charge on any atom is 0.243 e. The number of carbonyl (C=O) groups is 2. The molecule has 2 amide bonds. The Balaban J connectivity index is 1.32. The van der Waals surface area contributed by atoms with Crippen molar-refractivity contribution in [3.05, 3.63) is 65.2 Å². The number of methoxy groups -OCH3 is 1. The van der Waals surface area contributed by atoms with Crippen molar-refractivity contribution in [2.75, 3.05) is 20.2 Å². The van der Waals surface area contributed by atoms with Gasteiger partial charge in [0.1, 0.15) is 5.75 Å². The highest BCUT2D eigenvalue weighted by atomic mass is 16.5. The standard InChI is InChI=1S/C23H25N3O3/c1-29-20-8-7-17-11-13-25(16-19(17)15-20)22(27)9-10-23(28)26-14-12-21(24-26)18-5-3-2-4-6-18/h2-8,15H,9-14,16H2,1H3. The van der Waals surface area contributed by atoms with E-state index in [9.17, 15) is 9.59 Å². The fourth-order valence-electron chi connectivity index (χ4n) is 3.84. The van der Waals surface area contributed by atoms with Crippen molar-refractivity contribution in [3.8, 4) is 5.75 Å². The van der Waals surface area contributed by atoms with Crippen molar-refractivity contribution in [2.45, 2.75) is 32.2 Å². The van der Waals surface area contributed by atoms with Crippen LogP contribution in [0.1, 0.15) is 36.0 Å². The van der Waals surface area contributed by atoms with Crippen LogP contribution < -0.4 is 4.74 Å². The summed E-state index contributed by atoms with van der Waals surface area (Å²) in [7, 11) is 1.64. The number of amides is 2. The van der Waals surface area contributed by atoms with Gasteiger partial charge in [0.2, 0.25) is 11.8 Å². The fraction of sp³-hybridized carbons (Fsp3) is 0.348. The molecule has 2 aliphatic rings. The maximum absolute atomic E-state index is 12.7. The third-order valence-electron chi connectivity index (χ3n) is 5.53. The maximum atomic E-state index is 12.7. The minimum atomic E-state index is -0.0941. The van der Waals surface area contributed by atoms with Crippen LogP contribution in [0.25, 0.3) is 0 Å². The first-order valence-electron chi connectivity index (χ1n) is 10.0. The van der Waals surface area contributed by atoms with E-state index < -0.39 is 0 Å². The molecule has 0 spiro atoms. The number of benzene rings is 2. The minimum absolute atomic E-state index is 0.0123. The lowest BCUT2D eigenvalue weighted by atomic mass is 9.99. The first-order chi connectivity index (χ1) is 14.1. The average molecular weight is 391 g/mol. The van der Waals surface area contributed by atoms with Crippen molar-refractivity contribution < 1.29 is 14.3 Å². The van der Waals surface area contributed by atoms with E-state index in [1.54, 1.807) is 7.11 Å². The molecule has 0 saturated heterocycles. The Morgan fingerprint density at radius 3 is 2.55 bits per heavy atom. The van der Waals surface area contributed by atoms with Gasteiger partial charge in [0.25, 0.3) is 0 Å². The molecule has 6 heteroatoms. The smallest absolute Gasteiger partial charge is 0.243 e. The second-order valence-corrected chi connectivity index (χ2v) is 7.38. The molecule has 2 aromatic rings. The molecule has 2 aromatic carbocycles. The van der Waals surface area contributed by atoms with Gasteiger partial charge in [-0.25, -0.2) is 5.01 Å². The molecule has 4 rings (SSSR count). The van der Waals surface area contributed by atoms with Crippen molar-refractivity contribution >= 4 is 17.5 Å². The van der Waals surface area contributed by atoms with Gasteiger partial charge in [0.15, 0.2) is 0 Å². The summed E-state index contributed by atoms with van der Waals surface area (Å²) in [5.41, 5.74) is 4.34. The van der Waals surface area contributed by atoms with E-state index >= 15 is 0 Å². The molecule has 29 heavy (non-hydrogen) atoms. The summed E-state index contributed by atoms with van der Waals surface area (Å²) in [4.78, 5) is 27.0. The molecule has 0 unspecified atom stereocenters. The average Bonchev–Trinajstić information content (AvgIpc) is 3.27. The van der Waals surface area contributed by atoms with Crippen LogP contribution in [0.4, 0.5) is 0 Å². The molecular weight excluding hydrogens is 366 g/mol. The summed E-state index contributed by atoms with van der Waals surface area (Å²) >= 11 is 0. The molecule has 2 heterocycles. The van der Waals surface area contributed by atoms with Crippen LogP contribution in [-0.2, 0) is 22.6 Å². The molecule has 0 atom stereocenters. The van der Waals surface area contributed by atoms with Crippen LogP contribution in [0, 0.1) is 0 Å². The van der Waals surface area contributed by atoms with Gasteiger partial charge in [-0.1, -0.05) is 36.4 Å². The zero-order chi connectivity index (χ0) is 20.2. The van der Waals surface area contributed by atoms with E-state index in [1.807, 2.05) is 47.4 Å². The number of carbonyl (C=O) groups excluding carboxylic acids is 2. The number of ether oxygens (including phenoxy) is 1. The highest BCUT2D eigenvalue weighted by Gasteiger charge is 2.25. The Kier molecular flexibility index (Phi) is 5.60. The summed E-state index contributed by atoms with van der Waals surface area (Å²) in [6, 6.07) is 15.9. The monoisotopic (exact) mass is 391 g/mol. The van der Waals surface area contributed by atoms with E-state index in [0.717, 1.165) is 35.4 Å². The lowest BCUT2D eigenvalue weighted by Crippen LogP contribution is -2.36. The number of rotatable bonds is 5. The van der Waals surface area contributed by atoms with Crippen LogP contribution in [0.2, 0.25) is 0 Å². The van der Waals surface area contributed by atoms with Crippen molar-refractivity contribution in [1.82, 2.24) is 9.91 Å². The molecule has 0 aliphatic carbocycles. The summed E-state index contributed by atoms with van der Waals surface area (Å²) in [5, 5.41) is 5.97. The summed E-state index contributed by atoms with van der Waals surface area (Å²) in [6.45, 7) is 1.83. The van der Waals surface area contributed by atoms with E-state index in [-0.39, 0.29) is 24.7 Å². The van der Waals surface area contributed by atoms with Gasteiger partial charge >= 0.3 is 0 Å². The van der Waals surface area contributed by atoms with E-state index in [4.69, 9.17) is 4.74 Å². The van der Waals surface area contributed by atoms with Gasteiger partial charge in [-0.2, -0.15) is 5.10 Å². The zero-order valence-corrected chi connectivity index (χ0v) is 16.6. The fourth-order valence-corrected chi connectivity index (χ4v) is 3.84. The highest BCUT2D eigenvalue weighted by Crippen LogP contribution is 2.24. The Hall–Kier alpha value is -3.15. The van der Waals surface area contributed by atoms with Gasteiger partial charge in [-0.3, -0.25) is 9.59 Å². The molecule has 0 aromatic heterocycles. The second-order valence-electron chi connectivity index (χ2n) is 7.38. The van der Waals surface area contributed by atoms with Crippen molar-refractivity contribution in [1.29, 1.82) is 0 Å². The highest BCUT2D eigenvalue weighted by molar-refractivity contribution is 6.02. The SMILES string of the molecule is COc1ccc2c(c1)CN(C(=O)CCC(=O)N1CCC(c3ccccc3)=N1)CC2. The predicted octanol–water partition coefficient (Wildman–Crippen LogP) is 3.00. The topological polar surface area (TPSA) is 62.2 Å². The normalized spacial score (nSPS) is 15.7. The first kappa shape index (κ1) is 19.2. The summed E-state index contributed by atoms with van der Waals surface area (Å²) in [5.74, 6) is 0.719. The Morgan fingerprint density at radius 2 is 1.76 bits per heavy atom. The van der Waals surface area contributed by atoms with Crippen LogP contribution in [0.15, 0.2) is 53.6 Å². The van der Waals surface area contributed by atoms with E-state index in [0.29, 0.717) is 19.6 Å². The molecule has 0 N–H and O–H groups in total.